The number of hydrogen-bond donors (Lipinski definition) is 1. The fraction of sp³-hybridized carbons (Fsp3) is 0.333. The molecule has 0 unspecified atom stereocenters. The SMILES string of the molecule is CC(C)(C)Oc1ccc(COc2cccc(-c3nc(C4CCC4)n4ccnc(N)c34)c2)cc1. The number of imidazole rings is 1. The van der Waals surface area contributed by atoms with Gasteiger partial charge in [-0.15, -0.1) is 0 Å². The third-order valence-electron chi connectivity index (χ3n) is 5.94. The number of rotatable bonds is 6. The first-order valence-electron chi connectivity index (χ1n) is 11.5. The summed E-state index contributed by atoms with van der Waals surface area (Å²) in [5.74, 6) is 3.70. The molecule has 1 aliphatic carbocycles. The number of nitrogens with zero attached hydrogens (tertiary/aromatic N) is 3. The number of anilines is 1. The maximum absolute atomic E-state index is 6.28. The zero-order chi connectivity index (χ0) is 23.0. The molecule has 2 aromatic carbocycles. The van der Waals surface area contributed by atoms with Gasteiger partial charge in [-0.1, -0.05) is 30.7 Å². The van der Waals surface area contributed by atoms with E-state index in [1.807, 2.05) is 75.5 Å². The predicted octanol–water partition coefficient (Wildman–Crippen LogP) is 6.00. The highest BCUT2D eigenvalue weighted by Gasteiger charge is 2.27. The molecule has 6 nitrogen and oxygen atoms in total. The zero-order valence-corrected chi connectivity index (χ0v) is 19.4. The highest BCUT2D eigenvalue weighted by molar-refractivity contribution is 5.85. The minimum Gasteiger partial charge on any atom is -0.489 e. The highest BCUT2D eigenvalue weighted by Crippen LogP contribution is 2.39. The molecule has 170 valence electrons. The summed E-state index contributed by atoms with van der Waals surface area (Å²) >= 11 is 0. The number of aromatic nitrogens is 3. The van der Waals surface area contributed by atoms with Crippen LogP contribution in [-0.2, 0) is 6.61 Å². The molecule has 1 aliphatic rings. The molecule has 2 heterocycles. The lowest BCUT2D eigenvalue weighted by atomic mass is 9.85. The number of nitrogens with two attached hydrogens (primary N) is 1. The molecular weight excluding hydrogens is 412 g/mol. The van der Waals surface area contributed by atoms with Crippen molar-refractivity contribution >= 4 is 11.3 Å². The Morgan fingerprint density at radius 3 is 2.55 bits per heavy atom. The second-order valence-corrected chi connectivity index (χ2v) is 9.65. The van der Waals surface area contributed by atoms with Gasteiger partial charge in [0.05, 0.1) is 0 Å². The Bertz CT molecular complexity index is 1270. The lowest BCUT2D eigenvalue weighted by Gasteiger charge is -2.23. The van der Waals surface area contributed by atoms with Crippen molar-refractivity contribution in [1.82, 2.24) is 14.4 Å². The fourth-order valence-corrected chi connectivity index (χ4v) is 4.15. The topological polar surface area (TPSA) is 74.7 Å². The van der Waals surface area contributed by atoms with Crippen molar-refractivity contribution in [2.45, 2.75) is 58.2 Å². The molecule has 2 aromatic heterocycles. The molecule has 4 aromatic rings. The van der Waals surface area contributed by atoms with Gasteiger partial charge in [0, 0.05) is 23.9 Å². The van der Waals surface area contributed by atoms with E-state index in [1.165, 1.54) is 19.3 Å². The monoisotopic (exact) mass is 442 g/mol. The van der Waals surface area contributed by atoms with E-state index in [4.69, 9.17) is 20.2 Å². The van der Waals surface area contributed by atoms with Crippen LogP contribution in [0, 0.1) is 0 Å². The molecule has 1 fully saturated rings. The zero-order valence-electron chi connectivity index (χ0n) is 19.4. The summed E-state index contributed by atoms with van der Waals surface area (Å²) in [4.78, 5) is 9.33. The van der Waals surface area contributed by atoms with Crippen LogP contribution in [-0.4, -0.2) is 20.0 Å². The number of hydrogen-bond acceptors (Lipinski definition) is 5. The third-order valence-corrected chi connectivity index (χ3v) is 5.94. The highest BCUT2D eigenvalue weighted by atomic mass is 16.5. The Labute approximate surface area is 194 Å². The van der Waals surface area contributed by atoms with Crippen LogP contribution < -0.4 is 15.2 Å². The average molecular weight is 443 g/mol. The quantitative estimate of drug-likeness (QED) is 0.396. The summed E-state index contributed by atoms with van der Waals surface area (Å²) in [6.45, 7) is 6.59. The predicted molar refractivity (Wildman–Crippen MR) is 131 cm³/mol. The van der Waals surface area contributed by atoms with Crippen LogP contribution in [0.5, 0.6) is 11.5 Å². The standard InChI is InChI=1S/C27H30N4O2/c1-27(2,3)33-21-12-10-18(11-13-21)17-32-22-9-5-8-20(16-22)23-24-25(28)29-14-15-31(24)26(30-23)19-6-4-7-19/h5,8-16,19H,4,6-7,17H2,1-3H3,(H2,28,29). The molecule has 0 aliphatic heterocycles. The number of benzene rings is 2. The van der Waals surface area contributed by atoms with Crippen molar-refractivity contribution in [2.75, 3.05) is 5.73 Å². The molecule has 33 heavy (non-hydrogen) atoms. The number of nitrogen functional groups attached to an aromatic ring is 1. The number of fused-ring (bicyclic) bond motifs is 1. The van der Waals surface area contributed by atoms with Crippen LogP contribution in [0.4, 0.5) is 5.82 Å². The Morgan fingerprint density at radius 2 is 1.85 bits per heavy atom. The van der Waals surface area contributed by atoms with Crippen LogP contribution >= 0.6 is 0 Å². The van der Waals surface area contributed by atoms with Gasteiger partial charge in [0.25, 0.3) is 0 Å². The maximum Gasteiger partial charge on any atom is 0.150 e. The van der Waals surface area contributed by atoms with Crippen LogP contribution in [0.3, 0.4) is 0 Å². The van der Waals surface area contributed by atoms with Crippen molar-refractivity contribution in [3.8, 4) is 22.8 Å². The van der Waals surface area contributed by atoms with Crippen LogP contribution in [0.15, 0.2) is 60.9 Å². The molecule has 0 amide bonds. The normalized spacial score (nSPS) is 14.3. The number of ether oxygens (including phenoxy) is 2. The van der Waals surface area contributed by atoms with E-state index in [2.05, 4.69) is 9.38 Å². The van der Waals surface area contributed by atoms with E-state index in [0.717, 1.165) is 39.7 Å². The molecule has 5 rings (SSSR count). The second kappa shape index (κ2) is 8.43. The molecule has 0 radical (unpaired) electrons. The fourth-order valence-electron chi connectivity index (χ4n) is 4.15. The van der Waals surface area contributed by atoms with Gasteiger partial charge in [-0.2, -0.15) is 0 Å². The molecule has 1 saturated carbocycles. The summed E-state index contributed by atoms with van der Waals surface area (Å²) in [5.41, 5.74) is 9.84. The van der Waals surface area contributed by atoms with Crippen molar-refractivity contribution in [2.24, 2.45) is 0 Å². The average Bonchev–Trinajstić information content (AvgIpc) is 3.12. The van der Waals surface area contributed by atoms with Gasteiger partial charge in [-0.25, -0.2) is 9.97 Å². The van der Waals surface area contributed by atoms with Crippen LogP contribution in [0.1, 0.15) is 57.3 Å². The third kappa shape index (κ3) is 4.51. The Hall–Kier alpha value is -3.54. The van der Waals surface area contributed by atoms with Gasteiger partial charge >= 0.3 is 0 Å². The summed E-state index contributed by atoms with van der Waals surface area (Å²) in [7, 11) is 0. The van der Waals surface area contributed by atoms with Crippen LogP contribution in [0.25, 0.3) is 16.8 Å². The van der Waals surface area contributed by atoms with E-state index in [9.17, 15) is 0 Å². The van der Waals surface area contributed by atoms with E-state index in [0.29, 0.717) is 18.3 Å². The van der Waals surface area contributed by atoms with Gasteiger partial charge in [-0.3, -0.25) is 4.40 Å². The lowest BCUT2D eigenvalue weighted by molar-refractivity contribution is 0.131. The Kier molecular flexibility index (Phi) is 5.44. The van der Waals surface area contributed by atoms with Crippen molar-refractivity contribution < 1.29 is 9.47 Å². The molecule has 6 heteroatoms. The largest absolute Gasteiger partial charge is 0.489 e. The second-order valence-electron chi connectivity index (χ2n) is 9.65. The minimum absolute atomic E-state index is 0.215. The van der Waals surface area contributed by atoms with Crippen LogP contribution in [0.2, 0.25) is 0 Å². The summed E-state index contributed by atoms with van der Waals surface area (Å²) in [6, 6.07) is 16.1. The van der Waals surface area contributed by atoms with Crippen molar-refractivity contribution in [1.29, 1.82) is 0 Å². The molecule has 0 saturated heterocycles. The first-order chi connectivity index (χ1) is 15.9. The minimum atomic E-state index is -0.215. The molecule has 0 spiro atoms. The Morgan fingerprint density at radius 1 is 1.06 bits per heavy atom. The molecule has 0 bridgehead atoms. The van der Waals surface area contributed by atoms with Gasteiger partial charge < -0.3 is 15.2 Å². The molecule has 0 atom stereocenters. The smallest absolute Gasteiger partial charge is 0.150 e. The van der Waals surface area contributed by atoms with E-state index in [-0.39, 0.29) is 5.60 Å². The molecule has 2 N–H and O–H groups in total. The maximum atomic E-state index is 6.28. The molecular formula is C27H30N4O2. The first kappa shape index (κ1) is 21.3. The summed E-state index contributed by atoms with van der Waals surface area (Å²) in [6.07, 6.45) is 7.30. The summed E-state index contributed by atoms with van der Waals surface area (Å²) in [5, 5.41) is 0. The van der Waals surface area contributed by atoms with Gasteiger partial charge in [0.1, 0.15) is 46.6 Å². The first-order valence-corrected chi connectivity index (χ1v) is 11.5. The van der Waals surface area contributed by atoms with Crippen molar-refractivity contribution in [3.05, 3.63) is 72.3 Å². The van der Waals surface area contributed by atoms with Gasteiger partial charge in [-0.05, 0) is 63.4 Å². The van der Waals surface area contributed by atoms with Gasteiger partial charge in [0.15, 0.2) is 0 Å². The van der Waals surface area contributed by atoms with Crippen molar-refractivity contribution in [3.63, 3.8) is 0 Å². The Balaban J connectivity index is 1.37. The van der Waals surface area contributed by atoms with E-state index < -0.39 is 0 Å². The van der Waals surface area contributed by atoms with E-state index in [1.54, 1.807) is 6.20 Å². The van der Waals surface area contributed by atoms with Gasteiger partial charge in [0.2, 0.25) is 0 Å². The van der Waals surface area contributed by atoms with E-state index >= 15 is 0 Å². The lowest BCUT2D eigenvalue weighted by Crippen LogP contribution is -2.22. The summed E-state index contributed by atoms with van der Waals surface area (Å²) < 4.78 is 14.1.